The summed E-state index contributed by atoms with van der Waals surface area (Å²) in [7, 11) is -3.23. The number of ether oxygens (including phenoxy) is 1. The van der Waals surface area contributed by atoms with Crippen molar-refractivity contribution in [1.82, 2.24) is 4.98 Å². The van der Waals surface area contributed by atoms with Crippen LogP contribution in [0.3, 0.4) is 0 Å². The molecule has 0 atom stereocenters. The Hall–Kier alpha value is -1.92. The van der Waals surface area contributed by atoms with E-state index in [2.05, 4.69) is 4.98 Å². The minimum Gasteiger partial charge on any atom is -0.487 e. The van der Waals surface area contributed by atoms with E-state index in [9.17, 15) is 8.42 Å². The molecule has 0 radical (unpaired) electrons. The first-order valence-electron chi connectivity index (χ1n) is 6.06. The van der Waals surface area contributed by atoms with Crippen molar-refractivity contribution < 1.29 is 13.2 Å². The van der Waals surface area contributed by atoms with Crippen molar-refractivity contribution in [2.24, 2.45) is 5.73 Å². The fourth-order valence-electron chi connectivity index (χ4n) is 1.61. The summed E-state index contributed by atoms with van der Waals surface area (Å²) >= 11 is 0. The van der Waals surface area contributed by atoms with E-state index in [1.54, 1.807) is 18.3 Å². The lowest BCUT2D eigenvalue weighted by Gasteiger charge is -2.07. The van der Waals surface area contributed by atoms with Gasteiger partial charge in [0, 0.05) is 19.0 Å². The Labute approximate surface area is 118 Å². The van der Waals surface area contributed by atoms with Gasteiger partial charge in [-0.1, -0.05) is 12.1 Å². The highest BCUT2D eigenvalue weighted by molar-refractivity contribution is 7.90. The molecule has 2 aromatic rings. The lowest BCUT2D eigenvalue weighted by molar-refractivity contribution is 0.300. The van der Waals surface area contributed by atoms with Crippen LogP contribution in [0, 0.1) is 0 Å². The third kappa shape index (κ3) is 3.79. The van der Waals surface area contributed by atoms with Crippen molar-refractivity contribution in [3.05, 3.63) is 53.9 Å². The van der Waals surface area contributed by atoms with Crippen LogP contribution in [-0.4, -0.2) is 19.7 Å². The Morgan fingerprint density at radius 1 is 1.25 bits per heavy atom. The fraction of sp³-hybridized carbons (Fsp3) is 0.214. The van der Waals surface area contributed by atoms with Crippen LogP contribution in [0.15, 0.2) is 47.5 Å². The van der Waals surface area contributed by atoms with Gasteiger partial charge in [-0.3, -0.25) is 4.98 Å². The number of nitrogens with two attached hydrogens (primary N) is 1. The first-order chi connectivity index (χ1) is 9.49. The maximum absolute atomic E-state index is 11.5. The Bertz CT molecular complexity index is 682. The number of benzene rings is 1. The molecular weight excluding hydrogens is 276 g/mol. The van der Waals surface area contributed by atoms with E-state index < -0.39 is 9.84 Å². The van der Waals surface area contributed by atoms with E-state index >= 15 is 0 Å². The molecule has 0 saturated carbocycles. The lowest BCUT2D eigenvalue weighted by atomic mass is 10.2. The first-order valence-corrected chi connectivity index (χ1v) is 7.95. The number of pyridine rings is 1. The van der Waals surface area contributed by atoms with Gasteiger partial charge in [0.1, 0.15) is 12.4 Å². The van der Waals surface area contributed by atoms with E-state index in [1.807, 2.05) is 12.1 Å². The van der Waals surface area contributed by atoms with Crippen molar-refractivity contribution >= 4 is 9.84 Å². The van der Waals surface area contributed by atoms with Crippen molar-refractivity contribution in [3.8, 4) is 5.75 Å². The topological polar surface area (TPSA) is 82.3 Å². The SMILES string of the molecule is CS(=O)(=O)c1cccc(OCc2ccc(CN)cn2)c1. The maximum atomic E-state index is 11.5. The zero-order valence-electron chi connectivity index (χ0n) is 11.1. The average molecular weight is 292 g/mol. The number of nitrogens with zero attached hydrogens (tertiary/aromatic N) is 1. The molecule has 0 spiro atoms. The van der Waals surface area contributed by atoms with Gasteiger partial charge >= 0.3 is 0 Å². The predicted octanol–water partition coefficient (Wildman–Crippen LogP) is 1.52. The smallest absolute Gasteiger partial charge is 0.175 e. The second-order valence-corrected chi connectivity index (χ2v) is 6.41. The molecule has 2 rings (SSSR count). The number of hydrogen-bond acceptors (Lipinski definition) is 5. The summed E-state index contributed by atoms with van der Waals surface area (Å²) in [6.45, 7) is 0.725. The zero-order chi connectivity index (χ0) is 14.6. The summed E-state index contributed by atoms with van der Waals surface area (Å²) < 4.78 is 28.4. The quantitative estimate of drug-likeness (QED) is 0.903. The number of rotatable bonds is 5. The minimum atomic E-state index is -3.23. The van der Waals surface area contributed by atoms with E-state index in [-0.39, 0.29) is 11.5 Å². The lowest BCUT2D eigenvalue weighted by Crippen LogP contribution is -2.02. The second kappa shape index (κ2) is 6.02. The molecule has 2 N–H and O–H groups in total. The molecule has 20 heavy (non-hydrogen) atoms. The van der Waals surface area contributed by atoms with Gasteiger partial charge in [0.15, 0.2) is 9.84 Å². The second-order valence-electron chi connectivity index (χ2n) is 4.40. The van der Waals surface area contributed by atoms with Gasteiger partial charge in [-0.2, -0.15) is 0 Å². The molecule has 0 fully saturated rings. The molecule has 0 saturated heterocycles. The molecule has 0 amide bonds. The molecule has 0 bridgehead atoms. The third-order valence-corrected chi connectivity index (χ3v) is 3.85. The van der Waals surface area contributed by atoms with Gasteiger partial charge in [0.2, 0.25) is 0 Å². The van der Waals surface area contributed by atoms with Gasteiger partial charge in [0.25, 0.3) is 0 Å². The van der Waals surface area contributed by atoms with Gasteiger partial charge in [-0.15, -0.1) is 0 Å². The summed E-state index contributed by atoms with van der Waals surface area (Å²) in [6.07, 6.45) is 2.87. The van der Waals surface area contributed by atoms with E-state index in [4.69, 9.17) is 10.5 Å². The molecule has 5 nitrogen and oxygen atoms in total. The monoisotopic (exact) mass is 292 g/mol. The maximum Gasteiger partial charge on any atom is 0.175 e. The molecule has 6 heteroatoms. The standard InChI is InChI=1S/C14H16N2O3S/c1-20(17,18)14-4-2-3-13(7-14)19-10-12-6-5-11(8-15)9-16-12/h2-7,9H,8,10,15H2,1H3. The summed E-state index contributed by atoms with van der Waals surface area (Å²) in [5.41, 5.74) is 7.20. The van der Waals surface area contributed by atoms with Crippen LogP contribution in [0.4, 0.5) is 0 Å². The van der Waals surface area contributed by atoms with Crippen molar-refractivity contribution in [2.45, 2.75) is 18.0 Å². The minimum absolute atomic E-state index is 0.237. The van der Waals surface area contributed by atoms with Crippen LogP contribution in [0.5, 0.6) is 5.75 Å². The zero-order valence-corrected chi connectivity index (χ0v) is 11.9. The Kier molecular flexibility index (Phi) is 4.36. The highest BCUT2D eigenvalue weighted by atomic mass is 32.2. The van der Waals surface area contributed by atoms with Crippen LogP contribution < -0.4 is 10.5 Å². The highest BCUT2D eigenvalue weighted by Gasteiger charge is 2.08. The van der Waals surface area contributed by atoms with Crippen LogP contribution in [0.25, 0.3) is 0 Å². The van der Waals surface area contributed by atoms with E-state index in [0.29, 0.717) is 12.3 Å². The van der Waals surface area contributed by atoms with Gasteiger partial charge in [-0.25, -0.2) is 8.42 Å². The molecule has 0 aliphatic heterocycles. The summed E-state index contributed by atoms with van der Waals surface area (Å²) in [6, 6.07) is 10.1. The Morgan fingerprint density at radius 2 is 2.05 bits per heavy atom. The van der Waals surface area contributed by atoms with Crippen LogP contribution in [0.2, 0.25) is 0 Å². The normalized spacial score (nSPS) is 11.3. The molecule has 1 heterocycles. The number of aromatic nitrogens is 1. The van der Waals surface area contributed by atoms with Crippen LogP contribution in [-0.2, 0) is 23.0 Å². The van der Waals surface area contributed by atoms with Crippen molar-refractivity contribution in [2.75, 3.05) is 6.26 Å². The molecule has 0 aliphatic rings. The van der Waals surface area contributed by atoms with Crippen molar-refractivity contribution in [1.29, 1.82) is 0 Å². The average Bonchev–Trinajstić information content (AvgIpc) is 2.45. The Morgan fingerprint density at radius 3 is 2.65 bits per heavy atom. The number of hydrogen-bond donors (Lipinski definition) is 1. The van der Waals surface area contributed by atoms with Crippen molar-refractivity contribution in [3.63, 3.8) is 0 Å². The van der Waals surface area contributed by atoms with Crippen LogP contribution >= 0.6 is 0 Å². The summed E-state index contributed by atoms with van der Waals surface area (Å²) in [4.78, 5) is 4.45. The molecular formula is C14H16N2O3S. The predicted molar refractivity (Wildman–Crippen MR) is 76.0 cm³/mol. The van der Waals surface area contributed by atoms with Gasteiger partial charge < -0.3 is 10.5 Å². The molecule has 1 aromatic heterocycles. The van der Waals surface area contributed by atoms with Crippen LogP contribution in [0.1, 0.15) is 11.3 Å². The molecule has 1 aromatic carbocycles. The Balaban J connectivity index is 2.07. The molecule has 0 unspecified atom stereocenters. The third-order valence-electron chi connectivity index (χ3n) is 2.74. The first kappa shape index (κ1) is 14.5. The molecule has 0 aliphatic carbocycles. The van der Waals surface area contributed by atoms with E-state index in [1.165, 1.54) is 18.4 Å². The van der Waals surface area contributed by atoms with Gasteiger partial charge in [0.05, 0.1) is 10.6 Å². The highest BCUT2D eigenvalue weighted by Crippen LogP contribution is 2.18. The number of sulfone groups is 1. The summed E-state index contributed by atoms with van der Waals surface area (Å²) in [5.74, 6) is 0.498. The van der Waals surface area contributed by atoms with Gasteiger partial charge in [-0.05, 0) is 29.8 Å². The fourth-order valence-corrected chi connectivity index (χ4v) is 2.27. The summed E-state index contributed by atoms with van der Waals surface area (Å²) in [5, 5.41) is 0. The molecule has 106 valence electrons. The van der Waals surface area contributed by atoms with E-state index in [0.717, 1.165) is 11.3 Å². The largest absolute Gasteiger partial charge is 0.487 e.